The van der Waals surface area contributed by atoms with Gasteiger partial charge in [-0.2, -0.15) is 0 Å². The van der Waals surface area contributed by atoms with Gasteiger partial charge in [-0.15, -0.1) is 0 Å². The number of ether oxygens (including phenoxy) is 2. The zero-order valence-electron chi connectivity index (χ0n) is 13.4. The molecular weight excluding hydrogens is 332 g/mol. The number of hydrogen-bond donors (Lipinski definition) is 2. The molecule has 1 aromatic carbocycles. The summed E-state index contributed by atoms with van der Waals surface area (Å²) in [5.41, 5.74) is 0.583. The number of nitrogens with one attached hydrogen (secondary N) is 2. The lowest BCUT2D eigenvalue weighted by atomic mass is 9.95. The Kier molecular flexibility index (Phi) is 5.25. The lowest BCUT2D eigenvalue weighted by molar-refractivity contribution is -0.120. The van der Waals surface area contributed by atoms with Crippen molar-refractivity contribution < 1.29 is 22.7 Å². The average molecular weight is 354 g/mol. The molecule has 0 unspecified atom stereocenters. The molecule has 2 N–H and O–H groups in total. The Labute approximate surface area is 141 Å². The summed E-state index contributed by atoms with van der Waals surface area (Å²) in [6.07, 6.45) is 5.36. The van der Waals surface area contributed by atoms with Gasteiger partial charge in [0.1, 0.15) is 0 Å². The largest absolute Gasteiger partial charge is 0.454 e. The van der Waals surface area contributed by atoms with Crippen molar-refractivity contribution in [2.24, 2.45) is 0 Å². The molecule has 0 aromatic heterocycles. The Bertz CT molecular complexity index is 698. The smallest absolute Gasteiger partial charge is 0.235 e. The number of amides is 1. The zero-order valence-corrected chi connectivity index (χ0v) is 14.2. The number of carbonyl (C=O) groups is 1. The molecule has 7 nitrogen and oxygen atoms in total. The van der Waals surface area contributed by atoms with Crippen LogP contribution in [0.15, 0.2) is 18.2 Å². The first-order chi connectivity index (χ1) is 11.5. The van der Waals surface area contributed by atoms with Gasteiger partial charge < -0.3 is 14.8 Å². The monoisotopic (exact) mass is 354 g/mol. The van der Waals surface area contributed by atoms with Crippen molar-refractivity contribution in [2.45, 2.75) is 43.9 Å². The average Bonchev–Trinajstić information content (AvgIpc) is 3.01. The van der Waals surface area contributed by atoms with Crippen molar-refractivity contribution >= 4 is 15.9 Å². The molecule has 0 bridgehead atoms. The van der Waals surface area contributed by atoms with Crippen LogP contribution in [0.1, 0.15) is 37.7 Å². The number of benzene rings is 1. The molecule has 1 saturated carbocycles. The second-order valence-corrected chi connectivity index (χ2v) is 7.98. The van der Waals surface area contributed by atoms with Crippen LogP contribution in [-0.2, 0) is 20.6 Å². The van der Waals surface area contributed by atoms with Crippen LogP contribution >= 0.6 is 0 Å². The molecule has 0 spiro atoms. The summed E-state index contributed by atoms with van der Waals surface area (Å²) < 4.78 is 37.0. The molecule has 2 aliphatic rings. The normalized spacial score (nSPS) is 17.7. The predicted molar refractivity (Wildman–Crippen MR) is 88.2 cm³/mol. The van der Waals surface area contributed by atoms with E-state index in [0.29, 0.717) is 17.1 Å². The summed E-state index contributed by atoms with van der Waals surface area (Å²) in [4.78, 5) is 11.9. The second kappa shape index (κ2) is 7.40. The number of carbonyl (C=O) groups excluding carboxylic acids is 1. The van der Waals surface area contributed by atoms with Crippen molar-refractivity contribution in [3.05, 3.63) is 23.8 Å². The molecule has 0 radical (unpaired) electrons. The van der Waals surface area contributed by atoms with Crippen LogP contribution in [0.4, 0.5) is 0 Å². The van der Waals surface area contributed by atoms with E-state index >= 15 is 0 Å². The third kappa shape index (κ3) is 4.61. The van der Waals surface area contributed by atoms with Crippen molar-refractivity contribution in [3.8, 4) is 11.5 Å². The number of hydrogen-bond acceptors (Lipinski definition) is 5. The minimum Gasteiger partial charge on any atom is -0.454 e. The fourth-order valence-corrected chi connectivity index (χ4v) is 4.07. The Morgan fingerprint density at radius 3 is 2.67 bits per heavy atom. The van der Waals surface area contributed by atoms with Crippen LogP contribution in [0.2, 0.25) is 0 Å². The van der Waals surface area contributed by atoms with Gasteiger partial charge in [0.15, 0.2) is 11.5 Å². The van der Waals surface area contributed by atoms with E-state index in [2.05, 4.69) is 10.0 Å². The number of sulfonamides is 1. The highest BCUT2D eigenvalue weighted by molar-refractivity contribution is 7.88. The van der Waals surface area contributed by atoms with E-state index in [1.807, 2.05) is 0 Å². The standard InChI is InChI=1S/C16H22N2O5S/c19-16(18-13-4-2-1-3-5-13)9-17-24(20,21)10-12-6-7-14-15(8-12)23-11-22-14/h6-8,13,17H,1-5,9-11H2,(H,18,19). The van der Waals surface area contributed by atoms with E-state index in [1.165, 1.54) is 6.42 Å². The molecule has 1 amide bonds. The van der Waals surface area contributed by atoms with Crippen molar-refractivity contribution in [1.82, 2.24) is 10.0 Å². The van der Waals surface area contributed by atoms with Gasteiger partial charge in [-0.25, -0.2) is 13.1 Å². The van der Waals surface area contributed by atoms with Gasteiger partial charge in [0.2, 0.25) is 22.7 Å². The van der Waals surface area contributed by atoms with Crippen molar-refractivity contribution in [3.63, 3.8) is 0 Å². The van der Waals surface area contributed by atoms with Gasteiger partial charge in [0.25, 0.3) is 0 Å². The van der Waals surface area contributed by atoms with E-state index in [9.17, 15) is 13.2 Å². The van der Waals surface area contributed by atoms with Gasteiger partial charge in [-0.3, -0.25) is 4.79 Å². The summed E-state index contributed by atoms with van der Waals surface area (Å²) in [6.45, 7) is -0.0888. The molecule has 0 saturated heterocycles. The van der Waals surface area contributed by atoms with Crippen molar-refractivity contribution in [2.75, 3.05) is 13.3 Å². The lowest BCUT2D eigenvalue weighted by Gasteiger charge is -2.22. The molecule has 1 aliphatic heterocycles. The minimum absolute atomic E-state index is 0.144. The molecule has 1 heterocycles. The van der Waals surface area contributed by atoms with Crippen molar-refractivity contribution in [1.29, 1.82) is 0 Å². The van der Waals surface area contributed by atoms with Gasteiger partial charge in [0.05, 0.1) is 12.3 Å². The summed E-state index contributed by atoms with van der Waals surface area (Å²) in [5.74, 6) is 0.658. The summed E-state index contributed by atoms with van der Waals surface area (Å²) >= 11 is 0. The maximum atomic E-state index is 12.1. The molecule has 3 rings (SSSR count). The highest BCUT2D eigenvalue weighted by atomic mass is 32.2. The molecule has 24 heavy (non-hydrogen) atoms. The SMILES string of the molecule is O=C(CNS(=O)(=O)Cc1ccc2c(c1)OCO2)NC1CCCCC1. The fraction of sp³-hybridized carbons (Fsp3) is 0.562. The highest BCUT2D eigenvalue weighted by Crippen LogP contribution is 2.32. The molecule has 1 aromatic rings. The Morgan fingerprint density at radius 2 is 1.88 bits per heavy atom. The van der Waals surface area contributed by atoms with Gasteiger partial charge >= 0.3 is 0 Å². The van der Waals surface area contributed by atoms with E-state index in [0.717, 1.165) is 25.7 Å². The van der Waals surface area contributed by atoms with Gasteiger partial charge in [0, 0.05) is 6.04 Å². The topological polar surface area (TPSA) is 93.7 Å². The Morgan fingerprint density at radius 1 is 1.12 bits per heavy atom. The second-order valence-electron chi connectivity index (χ2n) is 6.17. The first-order valence-corrected chi connectivity index (χ1v) is 9.82. The number of fused-ring (bicyclic) bond motifs is 1. The molecule has 1 fully saturated rings. The minimum atomic E-state index is -3.60. The van der Waals surface area contributed by atoms with Crippen LogP contribution in [0, 0.1) is 0 Å². The van der Waals surface area contributed by atoms with E-state index in [4.69, 9.17) is 9.47 Å². The summed E-state index contributed by atoms with van der Waals surface area (Å²) in [6, 6.07) is 5.17. The molecule has 0 atom stereocenters. The number of rotatable bonds is 6. The quantitative estimate of drug-likeness (QED) is 0.803. The maximum absolute atomic E-state index is 12.1. The predicted octanol–water partition coefficient (Wildman–Crippen LogP) is 1.28. The van der Waals surface area contributed by atoms with Crippen LogP contribution in [0.25, 0.3) is 0 Å². The fourth-order valence-electron chi connectivity index (χ4n) is 3.00. The third-order valence-corrected chi connectivity index (χ3v) is 5.51. The summed E-state index contributed by atoms with van der Waals surface area (Å²) in [5, 5.41) is 2.89. The van der Waals surface area contributed by atoms with Gasteiger partial charge in [-0.05, 0) is 30.5 Å². The lowest BCUT2D eigenvalue weighted by Crippen LogP contribution is -2.42. The Hall–Kier alpha value is -1.80. The van der Waals surface area contributed by atoms with Crippen LogP contribution in [-0.4, -0.2) is 33.7 Å². The van der Waals surface area contributed by atoms with Crippen LogP contribution in [0.5, 0.6) is 11.5 Å². The van der Waals surface area contributed by atoms with Crippen LogP contribution < -0.4 is 19.5 Å². The first-order valence-electron chi connectivity index (χ1n) is 8.17. The van der Waals surface area contributed by atoms with Gasteiger partial charge in [-0.1, -0.05) is 25.3 Å². The Balaban J connectivity index is 1.49. The van der Waals surface area contributed by atoms with E-state index in [1.54, 1.807) is 18.2 Å². The molecule has 1 aliphatic carbocycles. The molecule has 8 heteroatoms. The molecule has 132 valence electrons. The van der Waals surface area contributed by atoms with E-state index in [-0.39, 0.29) is 31.0 Å². The van der Waals surface area contributed by atoms with E-state index < -0.39 is 10.0 Å². The maximum Gasteiger partial charge on any atom is 0.235 e. The first kappa shape index (κ1) is 17.0. The zero-order chi connectivity index (χ0) is 17.0. The molecular formula is C16H22N2O5S. The summed E-state index contributed by atoms with van der Waals surface area (Å²) in [7, 11) is -3.60. The van der Waals surface area contributed by atoms with Crippen LogP contribution in [0.3, 0.4) is 0 Å². The highest BCUT2D eigenvalue weighted by Gasteiger charge is 2.19. The third-order valence-electron chi connectivity index (χ3n) is 4.22.